The van der Waals surface area contributed by atoms with Gasteiger partial charge in [-0.2, -0.15) is 13.2 Å². The highest BCUT2D eigenvalue weighted by Gasteiger charge is 2.30. The Morgan fingerprint density at radius 2 is 1.60 bits per heavy atom. The summed E-state index contributed by atoms with van der Waals surface area (Å²) in [7, 11) is 1.26. The lowest BCUT2D eigenvalue weighted by Gasteiger charge is -2.11. The fourth-order valence-electron chi connectivity index (χ4n) is 2.78. The average Bonchev–Trinajstić information content (AvgIpc) is 3.29. The quantitative estimate of drug-likeness (QED) is 0.255. The molecule has 184 valence electrons. The Morgan fingerprint density at radius 3 is 2.31 bits per heavy atom. The van der Waals surface area contributed by atoms with E-state index in [1.54, 1.807) is 35.7 Å². The van der Waals surface area contributed by atoms with Gasteiger partial charge < -0.3 is 15.4 Å². The molecule has 0 unspecified atom stereocenters. The maximum absolute atomic E-state index is 12.9. The number of thioether (sulfide) groups is 2. The van der Waals surface area contributed by atoms with Crippen LogP contribution in [0.25, 0.3) is 0 Å². The van der Waals surface area contributed by atoms with Crippen LogP contribution in [-0.4, -0.2) is 36.4 Å². The van der Waals surface area contributed by atoms with E-state index in [9.17, 15) is 27.6 Å². The van der Waals surface area contributed by atoms with Crippen LogP contribution in [0.3, 0.4) is 0 Å². The highest BCUT2D eigenvalue weighted by Crippen LogP contribution is 2.32. The first-order chi connectivity index (χ1) is 16.7. The van der Waals surface area contributed by atoms with Crippen molar-refractivity contribution in [1.82, 2.24) is 0 Å². The van der Waals surface area contributed by atoms with Crippen LogP contribution in [0.15, 0.2) is 69.8 Å². The number of benzene rings is 2. The summed E-state index contributed by atoms with van der Waals surface area (Å²) < 4.78 is 43.3. The third kappa shape index (κ3) is 7.77. The molecule has 35 heavy (non-hydrogen) atoms. The van der Waals surface area contributed by atoms with Crippen molar-refractivity contribution in [2.24, 2.45) is 0 Å². The van der Waals surface area contributed by atoms with Crippen LogP contribution in [0.2, 0.25) is 0 Å². The Kier molecular flexibility index (Phi) is 9.24. The molecule has 0 saturated heterocycles. The van der Waals surface area contributed by atoms with Gasteiger partial charge in [0.25, 0.3) is 0 Å². The number of thiophene rings is 1. The fraction of sp³-hybridized carbons (Fsp3) is 0.174. The minimum atomic E-state index is -4.45. The first-order valence-corrected chi connectivity index (χ1v) is 12.8. The van der Waals surface area contributed by atoms with Crippen molar-refractivity contribution in [3.05, 3.63) is 70.4 Å². The van der Waals surface area contributed by atoms with Gasteiger partial charge in [-0.05, 0) is 41.8 Å². The number of amides is 2. The molecule has 1 heterocycles. The number of carbonyl (C=O) groups excluding carboxylic acids is 3. The molecule has 0 spiro atoms. The third-order valence-electron chi connectivity index (χ3n) is 4.36. The Hall–Kier alpha value is -2.96. The van der Waals surface area contributed by atoms with Gasteiger partial charge in [-0.25, -0.2) is 4.79 Å². The lowest BCUT2D eigenvalue weighted by Crippen LogP contribution is -2.17. The number of esters is 1. The lowest BCUT2D eigenvalue weighted by molar-refractivity contribution is -0.137. The molecular formula is C23H19F3N2O4S3. The summed E-state index contributed by atoms with van der Waals surface area (Å²) in [4.78, 5) is 37.8. The summed E-state index contributed by atoms with van der Waals surface area (Å²) in [5.74, 6) is -1.36. The summed E-state index contributed by atoms with van der Waals surface area (Å²) in [6.45, 7) is 0. The van der Waals surface area contributed by atoms with Gasteiger partial charge in [-0.3, -0.25) is 9.59 Å². The van der Waals surface area contributed by atoms with E-state index in [1.807, 2.05) is 0 Å². The minimum absolute atomic E-state index is 0.0162. The Labute approximate surface area is 211 Å². The second-order valence-electron chi connectivity index (χ2n) is 6.85. The topological polar surface area (TPSA) is 84.5 Å². The number of hydrogen-bond donors (Lipinski definition) is 2. The highest BCUT2D eigenvalue weighted by molar-refractivity contribution is 8.00. The van der Waals surface area contributed by atoms with Gasteiger partial charge in [-0.15, -0.1) is 34.9 Å². The van der Waals surface area contributed by atoms with E-state index in [1.165, 1.54) is 31.0 Å². The molecule has 1 aromatic heterocycles. The Morgan fingerprint density at radius 1 is 0.914 bits per heavy atom. The van der Waals surface area contributed by atoms with E-state index in [2.05, 4.69) is 10.6 Å². The fourth-order valence-corrected chi connectivity index (χ4v) is 5.11. The van der Waals surface area contributed by atoms with E-state index >= 15 is 0 Å². The van der Waals surface area contributed by atoms with Crippen LogP contribution < -0.4 is 10.6 Å². The van der Waals surface area contributed by atoms with Crippen molar-refractivity contribution >= 4 is 64.0 Å². The van der Waals surface area contributed by atoms with Crippen molar-refractivity contribution in [3.63, 3.8) is 0 Å². The van der Waals surface area contributed by atoms with Gasteiger partial charge in [-0.1, -0.05) is 18.2 Å². The maximum Gasteiger partial charge on any atom is 0.416 e. The van der Waals surface area contributed by atoms with Crippen molar-refractivity contribution in [3.8, 4) is 0 Å². The van der Waals surface area contributed by atoms with Crippen molar-refractivity contribution in [2.75, 3.05) is 29.2 Å². The largest absolute Gasteiger partial charge is 0.465 e. The molecule has 0 aliphatic rings. The van der Waals surface area contributed by atoms with E-state index in [0.29, 0.717) is 21.2 Å². The van der Waals surface area contributed by atoms with E-state index in [-0.39, 0.29) is 22.3 Å². The van der Waals surface area contributed by atoms with Crippen LogP contribution in [-0.2, 0) is 20.5 Å². The summed E-state index contributed by atoms with van der Waals surface area (Å²) in [5.41, 5.74) is 0.0652. The highest BCUT2D eigenvalue weighted by atomic mass is 32.2. The van der Waals surface area contributed by atoms with Gasteiger partial charge in [0.05, 0.1) is 35.6 Å². The predicted molar refractivity (Wildman–Crippen MR) is 132 cm³/mol. The van der Waals surface area contributed by atoms with Crippen LogP contribution >= 0.6 is 34.9 Å². The SMILES string of the molecule is COC(=O)c1sccc1NC(=O)CSc1ccccc1NC(=O)CSc1cccc(C(F)(F)F)c1. The molecule has 0 aliphatic heterocycles. The molecule has 0 aliphatic carbocycles. The van der Waals surface area contributed by atoms with E-state index < -0.39 is 23.6 Å². The summed E-state index contributed by atoms with van der Waals surface area (Å²) in [6, 6.07) is 13.3. The number of carbonyl (C=O) groups is 3. The maximum atomic E-state index is 12.9. The van der Waals surface area contributed by atoms with Crippen LogP contribution in [0, 0.1) is 0 Å². The number of nitrogens with one attached hydrogen (secondary N) is 2. The van der Waals surface area contributed by atoms with Crippen LogP contribution in [0.4, 0.5) is 24.5 Å². The van der Waals surface area contributed by atoms with E-state index in [0.717, 1.165) is 35.2 Å². The molecular weight excluding hydrogens is 521 g/mol. The van der Waals surface area contributed by atoms with Crippen molar-refractivity contribution in [2.45, 2.75) is 16.0 Å². The summed E-state index contributed by atoms with van der Waals surface area (Å²) in [5, 5.41) is 7.07. The molecule has 0 fully saturated rings. The number of methoxy groups -OCH3 is 1. The zero-order valence-electron chi connectivity index (χ0n) is 18.2. The number of halogens is 3. The van der Waals surface area contributed by atoms with Gasteiger partial charge in [0.2, 0.25) is 11.8 Å². The number of ether oxygens (including phenoxy) is 1. The van der Waals surface area contributed by atoms with Crippen LogP contribution in [0.5, 0.6) is 0 Å². The van der Waals surface area contributed by atoms with Crippen molar-refractivity contribution in [1.29, 1.82) is 0 Å². The second kappa shape index (κ2) is 12.1. The number of para-hydroxylation sites is 1. The molecule has 0 atom stereocenters. The number of alkyl halides is 3. The average molecular weight is 541 g/mol. The Bertz CT molecular complexity index is 1210. The Balaban J connectivity index is 1.55. The molecule has 3 rings (SSSR count). The van der Waals surface area contributed by atoms with Crippen LogP contribution in [0.1, 0.15) is 15.2 Å². The molecule has 6 nitrogen and oxygen atoms in total. The molecule has 3 aromatic rings. The van der Waals surface area contributed by atoms with Gasteiger partial charge in [0.15, 0.2) is 0 Å². The smallest absolute Gasteiger partial charge is 0.416 e. The zero-order valence-corrected chi connectivity index (χ0v) is 20.6. The van der Waals surface area contributed by atoms with E-state index in [4.69, 9.17) is 4.74 Å². The standard InChI is InChI=1S/C23H19F3N2O4S3/c1-32-22(31)21-17(9-10-33-21)28-20(30)13-35-18-8-3-2-7-16(18)27-19(29)12-34-15-6-4-5-14(11-15)23(24,25)26/h2-11H,12-13H2,1H3,(H,27,29)(H,28,30). The molecule has 2 N–H and O–H groups in total. The molecule has 0 bridgehead atoms. The first-order valence-electron chi connectivity index (χ1n) is 9.94. The summed E-state index contributed by atoms with van der Waals surface area (Å²) >= 11 is 3.33. The predicted octanol–water partition coefficient (Wildman–Crippen LogP) is 6.02. The second-order valence-corrected chi connectivity index (χ2v) is 9.83. The first kappa shape index (κ1) is 26.6. The molecule has 2 aromatic carbocycles. The molecule has 2 amide bonds. The summed E-state index contributed by atoms with van der Waals surface area (Å²) in [6.07, 6.45) is -4.45. The minimum Gasteiger partial charge on any atom is -0.465 e. The molecule has 0 radical (unpaired) electrons. The van der Waals surface area contributed by atoms with Gasteiger partial charge >= 0.3 is 12.1 Å². The third-order valence-corrected chi connectivity index (χ3v) is 7.32. The molecule has 12 heteroatoms. The van der Waals surface area contributed by atoms with Gasteiger partial charge in [0, 0.05) is 9.79 Å². The number of anilines is 2. The normalized spacial score (nSPS) is 11.1. The number of rotatable bonds is 9. The monoisotopic (exact) mass is 540 g/mol. The lowest BCUT2D eigenvalue weighted by atomic mass is 10.2. The molecule has 0 saturated carbocycles. The van der Waals surface area contributed by atoms with Crippen molar-refractivity contribution < 1.29 is 32.3 Å². The zero-order chi connectivity index (χ0) is 25.4. The van der Waals surface area contributed by atoms with Gasteiger partial charge in [0.1, 0.15) is 4.88 Å². The number of hydrogen-bond acceptors (Lipinski definition) is 7.